The van der Waals surface area contributed by atoms with E-state index in [-0.39, 0.29) is 0 Å². The summed E-state index contributed by atoms with van der Waals surface area (Å²) in [5, 5.41) is 2.78. The lowest BCUT2D eigenvalue weighted by molar-refractivity contribution is 0.209. The van der Waals surface area contributed by atoms with E-state index in [4.69, 9.17) is 4.74 Å². The Labute approximate surface area is 70.2 Å². The molecule has 11 heavy (non-hydrogen) atoms. The maximum absolute atomic E-state index is 5.62. The third kappa shape index (κ3) is 1.71. The molecule has 0 N–H and O–H groups in total. The van der Waals surface area contributed by atoms with Crippen LogP contribution in [0.3, 0.4) is 0 Å². The van der Waals surface area contributed by atoms with Crippen molar-refractivity contribution in [2.75, 3.05) is 0 Å². The number of nitrogens with zero attached hydrogens (tertiary/aromatic N) is 1. The Morgan fingerprint density at radius 3 is 2.91 bits per heavy atom. The molecule has 60 valence electrons. The number of thiazole rings is 1. The minimum atomic E-state index is 0.446. The van der Waals surface area contributed by atoms with Crippen LogP contribution in [0.4, 0.5) is 0 Å². The number of aromatic nitrogens is 1. The molecule has 0 radical (unpaired) electrons. The molecule has 1 saturated carbocycles. The van der Waals surface area contributed by atoms with Gasteiger partial charge in [-0.1, -0.05) is 11.3 Å². The topological polar surface area (TPSA) is 22.1 Å². The summed E-state index contributed by atoms with van der Waals surface area (Å²) >= 11 is 1.58. The first-order valence-electron chi connectivity index (χ1n) is 4.01. The highest BCUT2D eigenvalue weighted by atomic mass is 32.1. The molecule has 0 unspecified atom stereocenters. The van der Waals surface area contributed by atoms with Gasteiger partial charge in [0.2, 0.25) is 0 Å². The molecule has 0 bridgehead atoms. The number of rotatable bonds is 2. The largest absolute Gasteiger partial charge is 0.467 e. The Morgan fingerprint density at radius 2 is 2.27 bits per heavy atom. The zero-order chi connectivity index (χ0) is 7.52. The average molecular weight is 169 g/mol. The third-order valence-electron chi connectivity index (χ3n) is 1.98. The van der Waals surface area contributed by atoms with Gasteiger partial charge in [-0.05, 0) is 25.7 Å². The molecule has 3 heteroatoms. The van der Waals surface area contributed by atoms with Crippen LogP contribution in [0.1, 0.15) is 25.7 Å². The second-order valence-corrected chi connectivity index (χ2v) is 3.68. The second kappa shape index (κ2) is 3.22. The zero-order valence-corrected chi connectivity index (χ0v) is 7.14. The molecule has 0 saturated heterocycles. The van der Waals surface area contributed by atoms with Crippen molar-refractivity contribution >= 4 is 11.3 Å². The van der Waals surface area contributed by atoms with Crippen LogP contribution in [0, 0.1) is 0 Å². The highest BCUT2D eigenvalue weighted by Crippen LogP contribution is 2.24. The summed E-state index contributed by atoms with van der Waals surface area (Å²) < 4.78 is 5.62. The molecule has 1 aliphatic rings. The van der Waals surface area contributed by atoms with Crippen LogP contribution < -0.4 is 4.74 Å². The van der Waals surface area contributed by atoms with Crippen molar-refractivity contribution in [1.82, 2.24) is 4.98 Å². The highest BCUT2D eigenvalue weighted by Gasteiger charge is 2.16. The summed E-state index contributed by atoms with van der Waals surface area (Å²) in [4.78, 5) is 4.08. The zero-order valence-electron chi connectivity index (χ0n) is 6.32. The van der Waals surface area contributed by atoms with Crippen molar-refractivity contribution in [3.63, 3.8) is 0 Å². The first kappa shape index (κ1) is 7.10. The highest BCUT2D eigenvalue weighted by molar-refractivity contribution is 7.11. The van der Waals surface area contributed by atoms with E-state index in [9.17, 15) is 0 Å². The summed E-state index contributed by atoms with van der Waals surface area (Å²) in [6.45, 7) is 0. The number of ether oxygens (including phenoxy) is 1. The van der Waals surface area contributed by atoms with Gasteiger partial charge in [0.1, 0.15) is 6.10 Å². The maximum atomic E-state index is 5.62. The molecule has 2 rings (SSSR count). The van der Waals surface area contributed by atoms with Crippen LogP contribution in [0.2, 0.25) is 0 Å². The lowest BCUT2D eigenvalue weighted by Crippen LogP contribution is -2.10. The molecule has 0 aliphatic heterocycles. The molecule has 0 amide bonds. The van der Waals surface area contributed by atoms with E-state index in [1.165, 1.54) is 25.7 Å². The van der Waals surface area contributed by atoms with E-state index >= 15 is 0 Å². The fourth-order valence-corrected chi connectivity index (χ4v) is 1.97. The van der Waals surface area contributed by atoms with Crippen molar-refractivity contribution in [3.05, 3.63) is 11.6 Å². The first-order chi connectivity index (χ1) is 5.45. The molecule has 0 aromatic carbocycles. The van der Waals surface area contributed by atoms with Crippen LogP contribution in [0.25, 0.3) is 0 Å². The smallest absolute Gasteiger partial charge is 0.273 e. The van der Waals surface area contributed by atoms with Crippen molar-refractivity contribution < 1.29 is 4.74 Å². The van der Waals surface area contributed by atoms with Gasteiger partial charge in [-0.3, -0.25) is 0 Å². The Bertz CT molecular complexity index is 204. The van der Waals surface area contributed by atoms with Gasteiger partial charge in [0.15, 0.2) is 0 Å². The fraction of sp³-hybridized carbons (Fsp3) is 0.625. The maximum Gasteiger partial charge on any atom is 0.273 e. The van der Waals surface area contributed by atoms with E-state index < -0.39 is 0 Å². The van der Waals surface area contributed by atoms with Gasteiger partial charge >= 0.3 is 0 Å². The normalized spacial score (nSPS) is 18.9. The van der Waals surface area contributed by atoms with Crippen molar-refractivity contribution in [3.8, 4) is 5.19 Å². The van der Waals surface area contributed by atoms with Crippen LogP contribution >= 0.6 is 11.3 Å². The number of hydrogen-bond donors (Lipinski definition) is 0. The lowest BCUT2D eigenvalue weighted by Gasteiger charge is -2.08. The van der Waals surface area contributed by atoms with Gasteiger partial charge in [0, 0.05) is 11.6 Å². The Balaban J connectivity index is 1.90. The molecule has 0 spiro atoms. The van der Waals surface area contributed by atoms with Gasteiger partial charge in [-0.25, -0.2) is 4.98 Å². The predicted octanol–water partition coefficient (Wildman–Crippen LogP) is 2.46. The minimum absolute atomic E-state index is 0.446. The SMILES string of the molecule is c1csc(OC2CCCC2)n1. The van der Waals surface area contributed by atoms with Crippen LogP contribution in [-0.4, -0.2) is 11.1 Å². The van der Waals surface area contributed by atoms with E-state index in [0.29, 0.717) is 6.10 Å². The van der Waals surface area contributed by atoms with Crippen LogP contribution in [0.15, 0.2) is 11.6 Å². The van der Waals surface area contributed by atoms with Gasteiger partial charge in [-0.15, -0.1) is 0 Å². The summed E-state index contributed by atoms with van der Waals surface area (Å²) in [7, 11) is 0. The van der Waals surface area contributed by atoms with Crippen molar-refractivity contribution in [2.45, 2.75) is 31.8 Å². The molecule has 1 aromatic rings. The second-order valence-electron chi connectivity index (χ2n) is 2.82. The van der Waals surface area contributed by atoms with E-state index in [1.54, 1.807) is 17.5 Å². The van der Waals surface area contributed by atoms with E-state index in [0.717, 1.165) is 5.19 Å². The third-order valence-corrected chi connectivity index (χ3v) is 2.64. The fourth-order valence-electron chi connectivity index (χ4n) is 1.42. The summed E-state index contributed by atoms with van der Waals surface area (Å²) in [5.74, 6) is 0. The summed E-state index contributed by atoms with van der Waals surface area (Å²) in [5.41, 5.74) is 0. The summed E-state index contributed by atoms with van der Waals surface area (Å²) in [6, 6.07) is 0. The monoisotopic (exact) mass is 169 g/mol. The van der Waals surface area contributed by atoms with Crippen molar-refractivity contribution in [2.24, 2.45) is 0 Å². The first-order valence-corrected chi connectivity index (χ1v) is 4.89. The molecule has 1 heterocycles. The van der Waals surface area contributed by atoms with Gasteiger partial charge in [-0.2, -0.15) is 0 Å². The van der Waals surface area contributed by atoms with Gasteiger partial charge in [0.05, 0.1) is 0 Å². The Morgan fingerprint density at radius 1 is 1.45 bits per heavy atom. The van der Waals surface area contributed by atoms with Gasteiger partial charge in [0.25, 0.3) is 5.19 Å². The molecule has 1 aromatic heterocycles. The molecule has 0 atom stereocenters. The predicted molar refractivity (Wildman–Crippen MR) is 45.0 cm³/mol. The van der Waals surface area contributed by atoms with E-state index in [2.05, 4.69) is 4.98 Å². The molecular formula is C8H11NOS. The molecule has 1 fully saturated rings. The number of hydrogen-bond acceptors (Lipinski definition) is 3. The molecule has 1 aliphatic carbocycles. The Kier molecular flexibility index (Phi) is 2.08. The van der Waals surface area contributed by atoms with Crippen LogP contribution in [0.5, 0.6) is 5.19 Å². The quantitative estimate of drug-likeness (QED) is 0.678. The molecular weight excluding hydrogens is 158 g/mol. The standard InChI is InChI=1S/C8H11NOS/c1-2-4-7(3-1)10-8-9-5-6-11-8/h5-7H,1-4H2. The molecule has 2 nitrogen and oxygen atoms in total. The van der Waals surface area contributed by atoms with Crippen molar-refractivity contribution in [1.29, 1.82) is 0 Å². The van der Waals surface area contributed by atoms with Gasteiger partial charge < -0.3 is 4.74 Å². The minimum Gasteiger partial charge on any atom is -0.467 e. The average Bonchev–Trinajstić information content (AvgIpc) is 2.60. The van der Waals surface area contributed by atoms with Crippen LogP contribution in [-0.2, 0) is 0 Å². The van der Waals surface area contributed by atoms with E-state index in [1.807, 2.05) is 5.38 Å². The summed E-state index contributed by atoms with van der Waals surface area (Å²) in [6.07, 6.45) is 7.28. The Hall–Kier alpha value is -0.570. The lowest BCUT2D eigenvalue weighted by atomic mass is 10.3.